The van der Waals surface area contributed by atoms with Crippen molar-refractivity contribution in [2.75, 3.05) is 0 Å². The van der Waals surface area contributed by atoms with Crippen molar-refractivity contribution in [3.05, 3.63) is 58.3 Å². The average Bonchev–Trinajstić information content (AvgIpc) is 2.79. The zero-order valence-electron chi connectivity index (χ0n) is 10.4. The first kappa shape index (κ1) is 10.4. The molecule has 0 amide bonds. The SMILES string of the molecule is Cc1cccc2c(=O)c3c([nH]c4ccccc43)oc12. The van der Waals surface area contributed by atoms with Crippen LogP contribution in [0.15, 0.2) is 51.7 Å². The highest BCUT2D eigenvalue weighted by molar-refractivity contribution is 6.08. The molecular formula is C16H11NO2. The van der Waals surface area contributed by atoms with Crippen molar-refractivity contribution in [3.63, 3.8) is 0 Å². The van der Waals surface area contributed by atoms with Gasteiger partial charge >= 0.3 is 0 Å². The van der Waals surface area contributed by atoms with Crippen LogP contribution < -0.4 is 5.43 Å². The lowest BCUT2D eigenvalue weighted by Crippen LogP contribution is -2.01. The molecule has 92 valence electrons. The van der Waals surface area contributed by atoms with Crippen molar-refractivity contribution in [3.8, 4) is 0 Å². The van der Waals surface area contributed by atoms with Crippen molar-refractivity contribution in [1.82, 2.24) is 4.98 Å². The highest BCUT2D eigenvalue weighted by atomic mass is 16.3. The second kappa shape index (κ2) is 3.48. The number of hydrogen-bond acceptors (Lipinski definition) is 2. The number of hydrogen-bond donors (Lipinski definition) is 1. The van der Waals surface area contributed by atoms with E-state index in [1.807, 2.05) is 49.4 Å². The van der Waals surface area contributed by atoms with Crippen LogP contribution in [-0.4, -0.2) is 4.98 Å². The van der Waals surface area contributed by atoms with E-state index >= 15 is 0 Å². The summed E-state index contributed by atoms with van der Waals surface area (Å²) in [7, 11) is 0. The van der Waals surface area contributed by atoms with Crippen LogP contribution in [0.4, 0.5) is 0 Å². The first-order valence-corrected chi connectivity index (χ1v) is 6.18. The first-order valence-electron chi connectivity index (χ1n) is 6.18. The minimum absolute atomic E-state index is 0.0254. The van der Waals surface area contributed by atoms with Crippen LogP contribution in [-0.2, 0) is 0 Å². The van der Waals surface area contributed by atoms with Crippen molar-refractivity contribution in [2.45, 2.75) is 6.92 Å². The molecule has 3 heteroatoms. The molecular weight excluding hydrogens is 238 g/mol. The van der Waals surface area contributed by atoms with Crippen LogP contribution >= 0.6 is 0 Å². The molecule has 4 rings (SSSR count). The Morgan fingerprint density at radius 2 is 1.79 bits per heavy atom. The molecule has 3 nitrogen and oxygen atoms in total. The zero-order chi connectivity index (χ0) is 13.0. The zero-order valence-corrected chi connectivity index (χ0v) is 10.4. The molecule has 0 fully saturated rings. The van der Waals surface area contributed by atoms with Crippen molar-refractivity contribution in [1.29, 1.82) is 0 Å². The van der Waals surface area contributed by atoms with E-state index in [0.29, 0.717) is 22.1 Å². The summed E-state index contributed by atoms with van der Waals surface area (Å²) in [5.41, 5.74) is 3.12. The Morgan fingerprint density at radius 1 is 1.00 bits per heavy atom. The fourth-order valence-electron chi connectivity index (χ4n) is 2.62. The first-order chi connectivity index (χ1) is 9.25. The van der Waals surface area contributed by atoms with E-state index in [9.17, 15) is 4.79 Å². The van der Waals surface area contributed by atoms with Gasteiger partial charge in [-0.2, -0.15) is 0 Å². The largest absolute Gasteiger partial charge is 0.439 e. The van der Waals surface area contributed by atoms with Crippen LogP contribution in [0.5, 0.6) is 0 Å². The minimum Gasteiger partial charge on any atom is -0.439 e. The van der Waals surface area contributed by atoms with Gasteiger partial charge in [-0.1, -0.05) is 30.3 Å². The number of nitrogens with one attached hydrogen (secondary N) is 1. The van der Waals surface area contributed by atoms with Crippen molar-refractivity contribution >= 4 is 33.0 Å². The van der Waals surface area contributed by atoms with E-state index in [1.165, 1.54) is 0 Å². The van der Waals surface area contributed by atoms with Gasteiger partial charge in [-0.05, 0) is 24.6 Å². The van der Waals surface area contributed by atoms with E-state index < -0.39 is 0 Å². The monoisotopic (exact) mass is 249 g/mol. The van der Waals surface area contributed by atoms with Gasteiger partial charge in [-0.15, -0.1) is 0 Å². The van der Waals surface area contributed by atoms with Gasteiger partial charge in [0.1, 0.15) is 5.58 Å². The lowest BCUT2D eigenvalue weighted by Gasteiger charge is -2.00. The molecule has 0 saturated carbocycles. The molecule has 0 aliphatic heterocycles. The topological polar surface area (TPSA) is 46.0 Å². The van der Waals surface area contributed by atoms with Crippen molar-refractivity contribution in [2.24, 2.45) is 0 Å². The van der Waals surface area contributed by atoms with Gasteiger partial charge in [0, 0.05) is 10.9 Å². The van der Waals surface area contributed by atoms with Gasteiger partial charge in [0.05, 0.1) is 10.8 Å². The number of aryl methyl sites for hydroxylation is 1. The Balaban J connectivity index is 2.38. The Bertz CT molecular complexity index is 992. The molecule has 2 aromatic carbocycles. The second-order valence-corrected chi connectivity index (χ2v) is 4.76. The van der Waals surface area contributed by atoms with Gasteiger partial charge in [0.15, 0.2) is 0 Å². The normalized spacial score (nSPS) is 11.6. The van der Waals surface area contributed by atoms with E-state index in [4.69, 9.17) is 4.42 Å². The molecule has 0 aliphatic rings. The number of aromatic amines is 1. The molecule has 0 atom stereocenters. The predicted octanol–water partition coefficient (Wildman–Crippen LogP) is 3.74. The summed E-state index contributed by atoms with van der Waals surface area (Å²) >= 11 is 0. The van der Waals surface area contributed by atoms with E-state index in [-0.39, 0.29) is 5.43 Å². The lowest BCUT2D eigenvalue weighted by molar-refractivity contribution is 0.645. The quantitative estimate of drug-likeness (QED) is 0.516. The number of rotatable bonds is 0. The summed E-state index contributed by atoms with van der Waals surface area (Å²) in [5.74, 6) is 0. The third-order valence-corrected chi connectivity index (χ3v) is 3.56. The second-order valence-electron chi connectivity index (χ2n) is 4.76. The average molecular weight is 249 g/mol. The number of benzene rings is 2. The van der Waals surface area contributed by atoms with E-state index in [1.54, 1.807) is 0 Å². The summed E-state index contributed by atoms with van der Waals surface area (Å²) in [4.78, 5) is 15.8. The van der Waals surface area contributed by atoms with Gasteiger partial charge in [-0.3, -0.25) is 4.79 Å². The molecule has 1 N–H and O–H groups in total. The summed E-state index contributed by atoms with van der Waals surface area (Å²) < 4.78 is 5.89. The Morgan fingerprint density at radius 3 is 2.68 bits per heavy atom. The molecule has 0 bridgehead atoms. The van der Waals surface area contributed by atoms with Gasteiger partial charge in [-0.25, -0.2) is 0 Å². The predicted molar refractivity (Wildman–Crippen MR) is 76.6 cm³/mol. The number of aromatic nitrogens is 1. The van der Waals surface area contributed by atoms with Crippen LogP contribution in [0.25, 0.3) is 33.0 Å². The summed E-state index contributed by atoms with van der Waals surface area (Å²) in [6.45, 7) is 1.94. The highest BCUT2D eigenvalue weighted by Crippen LogP contribution is 2.26. The molecule has 0 saturated heterocycles. The smallest absolute Gasteiger partial charge is 0.209 e. The molecule has 19 heavy (non-hydrogen) atoms. The van der Waals surface area contributed by atoms with Crippen LogP contribution in [0.2, 0.25) is 0 Å². The van der Waals surface area contributed by atoms with Gasteiger partial charge in [0.25, 0.3) is 0 Å². The Labute approximate surface area is 108 Å². The molecule has 0 aliphatic carbocycles. The Hall–Kier alpha value is -2.55. The number of fused-ring (bicyclic) bond motifs is 4. The molecule has 2 heterocycles. The van der Waals surface area contributed by atoms with Crippen LogP contribution in [0.1, 0.15) is 5.56 Å². The van der Waals surface area contributed by atoms with Crippen molar-refractivity contribution < 1.29 is 4.42 Å². The highest BCUT2D eigenvalue weighted by Gasteiger charge is 2.13. The molecule has 0 unspecified atom stereocenters. The summed E-state index contributed by atoms with van der Waals surface area (Å²) in [6.07, 6.45) is 0. The van der Waals surface area contributed by atoms with Gasteiger partial charge in [0.2, 0.25) is 11.1 Å². The summed E-state index contributed by atoms with van der Waals surface area (Å²) in [6, 6.07) is 13.4. The third kappa shape index (κ3) is 1.30. The van der Waals surface area contributed by atoms with E-state index in [0.717, 1.165) is 16.5 Å². The van der Waals surface area contributed by atoms with Crippen LogP contribution in [0.3, 0.4) is 0 Å². The van der Waals surface area contributed by atoms with E-state index in [2.05, 4.69) is 4.98 Å². The lowest BCUT2D eigenvalue weighted by atomic mass is 10.1. The maximum Gasteiger partial charge on any atom is 0.209 e. The molecule has 0 spiro atoms. The number of H-pyrrole nitrogens is 1. The maximum absolute atomic E-state index is 12.6. The Kier molecular flexibility index (Phi) is 1.90. The standard InChI is InChI=1S/C16H11NO2/c1-9-5-4-7-11-14(18)13-10-6-2-3-8-12(10)17-16(13)19-15(9)11/h2-8,17H,1H3. The maximum atomic E-state index is 12.6. The molecule has 4 aromatic rings. The number of para-hydroxylation sites is 2. The van der Waals surface area contributed by atoms with Crippen LogP contribution in [0, 0.1) is 6.92 Å². The third-order valence-electron chi connectivity index (χ3n) is 3.56. The fraction of sp³-hybridized carbons (Fsp3) is 0.0625. The fourth-order valence-corrected chi connectivity index (χ4v) is 2.62. The molecule has 0 radical (unpaired) electrons. The molecule has 2 aromatic heterocycles. The van der Waals surface area contributed by atoms with Gasteiger partial charge < -0.3 is 9.40 Å². The summed E-state index contributed by atoms with van der Waals surface area (Å²) in [5, 5.41) is 2.18. The minimum atomic E-state index is 0.0254.